The summed E-state index contributed by atoms with van der Waals surface area (Å²) in [5.41, 5.74) is 2.36. The molecule has 26 heavy (non-hydrogen) atoms. The molecule has 3 aliphatic rings. The molecule has 0 spiro atoms. The fourth-order valence-electron chi connectivity index (χ4n) is 3.93. The topological polar surface area (TPSA) is 59.0 Å². The average molecular weight is 370 g/mol. The van der Waals surface area contributed by atoms with Gasteiger partial charge in [0.05, 0.1) is 18.8 Å². The Hall–Kier alpha value is -2.08. The average Bonchev–Trinajstić information content (AvgIpc) is 2.59. The van der Waals surface area contributed by atoms with Crippen molar-refractivity contribution in [2.24, 2.45) is 10.4 Å². The van der Waals surface area contributed by atoms with Gasteiger partial charge in [0.15, 0.2) is 11.0 Å². The first-order valence-electron chi connectivity index (χ1n) is 8.83. The molecule has 1 saturated heterocycles. The number of allylic oxidation sites excluding steroid dienone is 1. The number of ketones is 1. The monoisotopic (exact) mass is 370 g/mol. The number of ether oxygens (including phenoxy) is 1. The Morgan fingerprint density at radius 3 is 2.62 bits per heavy atom. The van der Waals surface area contributed by atoms with E-state index < -0.39 is 0 Å². The second-order valence-electron chi connectivity index (χ2n) is 7.73. The molecule has 4 rings (SSSR count). The van der Waals surface area contributed by atoms with E-state index in [0.717, 1.165) is 34.4 Å². The maximum Gasteiger partial charge on any atom is 0.230 e. The van der Waals surface area contributed by atoms with Gasteiger partial charge in [0.1, 0.15) is 5.75 Å². The lowest BCUT2D eigenvalue weighted by molar-refractivity contribution is -0.128. The number of thioether (sulfide) groups is 1. The van der Waals surface area contributed by atoms with Crippen molar-refractivity contribution in [2.45, 2.75) is 39.2 Å². The first-order valence-corrected chi connectivity index (χ1v) is 9.82. The van der Waals surface area contributed by atoms with Gasteiger partial charge in [-0.1, -0.05) is 37.7 Å². The summed E-state index contributed by atoms with van der Waals surface area (Å²) in [6.45, 7) is 4.20. The Bertz CT molecular complexity index is 839. The van der Waals surface area contributed by atoms with E-state index in [9.17, 15) is 9.59 Å². The molecule has 1 aromatic carbocycles. The fourth-order valence-corrected chi connectivity index (χ4v) is 4.91. The van der Waals surface area contributed by atoms with Gasteiger partial charge in [-0.25, -0.2) is 4.99 Å². The number of amidine groups is 1. The van der Waals surface area contributed by atoms with Crippen LogP contribution in [0.1, 0.15) is 44.7 Å². The van der Waals surface area contributed by atoms with Crippen LogP contribution in [0.3, 0.4) is 0 Å². The molecular weight excluding hydrogens is 348 g/mol. The summed E-state index contributed by atoms with van der Waals surface area (Å²) in [5, 5.41) is 0.728. The molecule has 2 aliphatic heterocycles. The molecule has 136 valence electrons. The van der Waals surface area contributed by atoms with Gasteiger partial charge in [0.2, 0.25) is 5.91 Å². The first kappa shape index (κ1) is 17.3. The van der Waals surface area contributed by atoms with Crippen molar-refractivity contribution in [3.8, 4) is 5.75 Å². The highest BCUT2D eigenvalue weighted by molar-refractivity contribution is 8.14. The van der Waals surface area contributed by atoms with Crippen molar-refractivity contribution in [3.05, 3.63) is 41.1 Å². The fraction of sp³-hybridized carbons (Fsp3) is 0.450. The van der Waals surface area contributed by atoms with Gasteiger partial charge in [0, 0.05) is 24.2 Å². The van der Waals surface area contributed by atoms with E-state index in [0.29, 0.717) is 18.4 Å². The molecular formula is C20H22N2O3S. The molecule has 0 radical (unpaired) electrons. The van der Waals surface area contributed by atoms with Crippen molar-refractivity contribution < 1.29 is 14.3 Å². The van der Waals surface area contributed by atoms with E-state index in [1.807, 2.05) is 24.3 Å². The number of hydrogen-bond acceptors (Lipinski definition) is 5. The van der Waals surface area contributed by atoms with E-state index in [2.05, 4.69) is 13.8 Å². The molecule has 1 fully saturated rings. The van der Waals surface area contributed by atoms with Crippen LogP contribution < -0.4 is 4.74 Å². The van der Waals surface area contributed by atoms with Crippen molar-refractivity contribution in [2.75, 3.05) is 12.9 Å². The van der Waals surface area contributed by atoms with Crippen molar-refractivity contribution in [3.63, 3.8) is 0 Å². The van der Waals surface area contributed by atoms with Gasteiger partial charge in [0.25, 0.3) is 0 Å². The van der Waals surface area contributed by atoms with Gasteiger partial charge in [-0.05, 0) is 29.5 Å². The molecule has 0 saturated carbocycles. The number of amides is 1. The molecule has 0 unspecified atom stereocenters. The smallest absolute Gasteiger partial charge is 0.230 e. The summed E-state index contributed by atoms with van der Waals surface area (Å²) in [4.78, 5) is 32.2. The Morgan fingerprint density at radius 2 is 1.92 bits per heavy atom. The van der Waals surface area contributed by atoms with Crippen LogP contribution in [0.2, 0.25) is 0 Å². The number of carbonyl (C=O) groups is 2. The van der Waals surface area contributed by atoms with Gasteiger partial charge in [-0.2, -0.15) is 0 Å². The van der Waals surface area contributed by atoms with Gasteiger partial charge in [-0.3, -0.25) is 14.5 Å². The Morgan fingerprint density at radius 1 is 1.19 bits per heavy atom. The summed E-state index contributed by atoms with van der Waals surface area (Å²) in [6, 6.07) is 7.25. The minimum absolute atomic E-state index is 0.0347. The first-order chi connectivity index (χ1) is 12.4. The molecule has 0 bridgehead atoms. The number of nitrogens with zero attached hydrogens (tertiary/aromatic N) is 2. The standard InChI is InChI=1S/C20H22N2O3S/c1-20(2)10-14-17(15(23)11-20)18(12-4-6-13(25-3)7-5-12)22-16(24)8-9-26-19(22)21-14/h4-7,18H,8-11H2,1-3H3/t18-/m0/s1. The lowest BCUT2D eigenvalue weighted by Crippen LogP contribution is -2.47. The third-order valence-corrected chi connectivity index (χ3v) is 6.07. The number of benzene rings is 1. The third kappa shape index (κ3) is 2.86. The van der Waals surface area contributed by atoms with Gasteiger partial charge >= 0.3 is 0 Å². The second-order valence-corrected chi connectivity index (χ2v) is 8.80. The molecule has 1 atom stereocenters. The summed E-state index contributed by atoms with van der Waals surface area (Å²) in [6.07, 6.45) is 1.71. The van der Waals surface area contributed by atoms with Crippen molar-refractivity contribution >= 4 is 28.6 Å². The number of carbonyl (C=O) groups excluding carboxylic acids is 2. The summed E-state index contributed by atoms with van der Waals surface area (Å²) in [7, 11) is 1.62. The maximum absolute atomic E-state index is 13.0. The van der Waals surface area contributed by atoms with Crippen LogP contribution in [-0.4, -0.2) is 34.6 Å². The van der Waals surface area contributed by atoms with Crippen LogP contribution in [0.4, 0.5) is 0 Å². The predicted octanol–water partition coefficient (Wildman–Crippen LogP) is 3.71. The lowest BCUT2D eigenvalue weighted by atomic mass is 9.73. The minimum Gasteiger partial charge on any atom is -0.497 e. The molecule has 1 aromatic rings. The summed E-state index contributed by atoms with van der Waals surface area (Å²) in [5.74, 6) is 1.63. The highest BCUT2D eigenvalue weighted by Crippen LogP contribution is 2.47. The third-order valence-electron chi connectivity index (χ3n) is 5.11. The quantitative estimate of drug-likeness (QED) is 0.796. The Labute approximate surface area is 157 Å². The molecule has 5 nitrogen and oxygen atoms in total. The zero-order chi connectivity index (χ0) is 18.5. The van der Waals surface area contributed by atoms with E-state index in [4.69, 9.17) is 9.73 Å². The van der Waals surface area contributed by atoms with Crippen LogP contribution in [0.25, 0.3) is 0 Å². The van der Waals surface area contributed by atoms with Gasteiger partial charge < -0.3 is 4.74 Å². The molecule has 2 heterocycles. The van der Waals surface area contributed by atoms with Crippen LogP contribution in [-0.2, 0) is 9.59 Å². The number of hydrogen-bond donors (Lipinski definition) is 0. The zero-order valence-corrected chi connectivity index (χ0v) is 16.1. The van der Waals surface area contributed by atoms with Crippen LogP contribution in [0, 0.1) is 5.41 Å². The normalized spacial score (nSPS) is 24.8. The summed E-state index contributed by atoms with van der Waals surface area (Å²) < 4.78 is 5.25. The molecule has 1 aliphatic carbocycles. The van der Waals surface area contributed by atoms with Gasteiger partial charge in [-0.15, -0.1) is 0 Å². The number of fused-ring (bicyclic) bond motifs is 1. The van der Waals surface area contributed by atoms with Crippen LogP contribution in [0.5, 0.6) is 5.75 Å². The number of Topliss-reactive ketones (excluding diaryl/α,β-unsaturated/α-hetero) is 1. The highest BCUT2D eigenvalue weighted by atomic mass is 32.2. The molecule has 0 N–H and O–H groups in total. The minimum atomic E-state index is -0.382. The van der Waals surface area contributed by atoms with Crippen LogP contribution >= 0.6 is 11.8 Å². The second kappa shape index (κ2) is 6.27. The van der Waals surface area contributed by atoms with E-state index in [1.54, 1.807) is 23.8 Å². The lowest BCUT2D eigenvalue weighted by Gasteiger charge is -2.43. The molecule has 6 heteroatoms. The van der Waals surface area contributed by atoms with E-state index in [-0.39, 0.29) is 23.1 Å². The van der Waals surface area contributed by atoms with E-state index >= 15 is 0 Å². The van der Waals surface area contributed by atoms with Crippen LogP contribution in [0.15, 0.2) is 40.5 Å². The largest absolute Gasteiger partial charge is 0.497 e. The summed E-state index contributed by atoms with van der Waals surface area (Å²) >= 11 is 1.60. The van der Waals surface area contributed by atoms with E-state index in [1.165, 1.54) is 0 Å². The predicted molar refractivity (Wildman–Crippen MR) is 102 cm³/mol. The maximum atomic E-state index is 13.0. The molecule has 0 aromatic heterocycles. The number of rotatable bonds is 2. The number of aliphatic imine (C=N–C) groups is 1. The SMILES string of the molecule is COc1ccc([C@H]2C3=C(CC(C)(C)CC3=O)N=C3SCCC(=O)N32)cc1. The molecule has 1 amide bonds. The highest BCUT2D eigenvalue weighted by Gasteiger charge is 2.45. The van der Waals surface area contributed by atoms with Crippen molar-refractivity contribution in [1.82, 2.24) is 4.90 Å². The Kier molecular flexibility index (Phi) is 4.18. The Balaban J connectivity index is 1.87. The zero-order valence-electron chi connectivity index (χ0n) is 15.2. The van der Waals surface area contributed by atoms with Crippen molar-refractivity contribution in [1.29, 1.82) is 0 Å². The number of methoxy groups -OCH3 is 1.